The maximum Gasteiger partial charge on any atom is 0.416 e. The number of carbonyl (C=O) groups is 2. The van der Waals surface area contributed by atoms with Crippen molar-refractivity contribution in [2.24, 2.45) is 0 Å². The Balaban J connectivity index is 1.88. The standard InChI is InChI=1S/C23H19F3N2O4S/c1-14-9-10-20(33(31,32)28-19-8-3-5-16(11-19)15(2)29)13-21(14)22(30)27-18-7-4-6-17(12-18)23(24,25)26/h3-13,28H,1-2H3,(H,27,30). The Morgan fingerprint density at radius 1 is 0.879 bits per heavy atom. The molecule has 1 amide bonds. The number of sulfonamides is 1. The van der Waals surface area contributed by atoms with E-state index in [0.29, 0.717) is 11.1 Å². The summed E-state index contributed by atoms with van der Waals surface area (Å²) in [6.45, 7) is 2.92. The summed E-state index contributed by atoms with van der Waals surface area (Å²) < 4.78 is 66.8. The van der Waals surface area contributed by atoms with E-state index in [0.717, 1.165) is 24.3 Å². The number of rotatable bonds is 6. The Morgan fingerprint density at radius 3 is 2.21 bits per heavy atom. The lowest BCUT2D eigenvalue weighted by molar-refractivity contribution is -0.137. The second-order valence-corrected chi connectivity index (χ2v) is 8.93. The molecule has 6 nitrogen and oxygen atoms in total. The van der Waals surface area contributed by atoms with E-state index in [1.54, 1.807) is 13.0 Å². The summed E-state index contributed by atoms with van der Waals surface area (Å²) in [5.41, 5.74) is -0.115. The Morgan fingerprint density at radius 2 is 1.55 bits per heavy atom. The van der Waals surface area contributed by atoms with Crippen LogP contribution in [0.15, 0.2) is 71.6 Å². The molecule has 0 fully saturated rings. The third kappa shape index (κ3) is 5.78. The Hall–Kier alpha value is -3.66. The van der Waals surface area contributed by atoms with E-state index in [-0.39, 0.29) is 27.6 Å². The van der Waals surface area contributed by atoms with Gasteiger partial charge in [-0.05, 0) is 61.9 Å². The largest absolute Gasteiger partial charge is 0.416 e. The summed E-state index contributed by atoms with van der Waals surface area (Å²) in [6.07, 6.45) is -4.57. The Labute approximate surface area is 188 Å². The first-order chi connectivity index (χ1) is 15.4. The number of Topliss-reactive ketones (excluding diaryl/α,β-unsaturated/α-hetero) is 1. The topological polar surface area (TPSA) is 92.3 Å². The van der Waals surface area contributed by atoms with E-state index in [1.807, 2.05) is 0 Å². The monoisotopic (exact) mass is 476 g/mol. The van der Waals surface area contributed by atoms with Gasteiger partial charge >= 0.3 is 6.18 Å². The maximum atomic E-state index is 12.9. The fraction of sp³-hybridized carbons (Fsp3) is 0.130. The number of ketones is 1. The predicted octanol–water partition coefficient (Wildman–Crippen LogP) is 5.27. The molecule has 0 atom stereocenters. The second kappa shape index (κ2) is 9.07. The van der Waals surface area contributed by atoms with Crippen LogP contribution in [-0.2, 0) is 16.2 Å². The van der Waals surface area contributed by atoms with Crippen molar-refractivity contribution in [3.8, 4) is 0 Å². The number of alkyl halides is 3. The fourth-order valence-corrected chi connectivity index (χ4v) is 4.08. The van der Waals surface area contributed by atoms with Crippen LogP contribution < -0.4 is 10.0 Å². The lowest BCUT2D eigenvalue weighted by Gasteiger charge is -2.13. The van der Waals surface area contributed by atoms with Gasteiger partial charge in [-0.15, -0.1) is 0 Å². The van der Waals surface area contributed by atoms with Gasteiger partial charge in [0, 0.05) is 22.5 Å². The van der Waals surface area contributed by atoms with Crippen LogP contribution in [0.25, 0.3) is 0 Å². The number of nitrogens with one attached hydrogen (secondary N) is 2. The number of benzene rings is 3. The molecule has 0 aliphatic carbocycles. The van der Waals surface area contributed by atoms with Crippen LogP contribution >= 0.6 is 0 Å². The van der Waals surface area contributed by atoms with E-state index >= 15 is 0 Å². The zero-order valence-corrected chi connectivity index (χ0v) is 18.3. The van der Waals surface area contributed by atoms with Gasteiger partial charge in [-0.3, -0.25) is 14.3 Å². The molecule has 3 rings (SSSR count). The van der Waals surface area contributed by atoms with Gasteiger partial charge in [0.2, 0.25) is 0 Å². The van der Waals surface area contributed by atoms with Crippen molar-refractivity contribution < 1.29 is 31.2 Å². The number of hydrogen-bond donors (Lipinski definition) is 2. The Bertz CT molecular complexity index is 1340. The SMILES string of the molecule is CC(=O)c1cccc(NS(=O)(=O)c2ccc(C)c(C(=O)Nc3cccc(C(F)(F)F)c3)c2)c1. The van der Waals surface area contributed by atoms with Gasteiger partial charge in [-0.2, -0.15) is 13.2 Å². The highest BCUT2D eigenvalue weighted by molar-refractivity contribution is 7.92. The molecule has 3 aromatic carbocycles. The first-order valence-corrected chi connectivity index (χ1v) is 11.1. The number of halogens is 3. The molecule has 0 saturated heterocycles. The first kappa shape index (κ1) is 24.0. The fourth-order valence-electron chi connectivity index (χ4n) is 3.00. The Kier molecular flexibility index (Phi) is 6.59. The molecule has 172 valence electrons. The van der Waals surface area contributed by atoms with Crippen molar-refractivity contribution in [1.29, 1.82) is 0 Å². The third-order valence-electron chi connectivity index (χ3n) is 4.73. The number of aryl methyl sites for hydroxylation is 1. The molecule has 0 aliphatic heterocycles. The highest BCUT2D eigenvalue weighted by Crippen LogP contribution is 2.31. The highest BCUT2D eigenvalue weighted by atomic mass is 32.2. The number of amides is 1. The minimum Gasteiger partial charge on any atom is -0.322 e. The summed E-state index contributed by atoms with van der Waals surface area (Å²) in [6, 6.07) is 13.9. The lowest BCUT2D eigenvalue weighted by atomic mass is 10.1. The van der Waals surface area contributed by atoms with Crippen molar-refractivity contribution >= 4 is 33.1 Å². The summed E-state index contributed by atoms with van der Waals surface area (Å²) >= 11 is 0. The van der Waals surface area contributed by atoms with Crippen molar-refractivity contribution in [1.82, 2.24) is 0 Å². The van der Waals surface area contributed by atoms with Crippen molar-refractivity contribution in [3.63, 3.8) is 0 Å². The summed E-state index contributed by atoms with van der Waals surface area (Å²) in [5, 5.41) is 2.37. The average molecular weight is 476 g/mol. The van der Waals surface area contributed by atoms with Crippen LogP contribution in [0.4, 0.5) is 24.5 Å². The number of hydrogen-bond acceptors (Lipinski definition) is 4. The smallest absolute Gasteiger partial charge is 0.322 e. The van der Waals surface area contributed by atoms with Crippen LogP contribution in [0.3, 0.4) is 0 Å². The van der Waals surface area contributed by atoms with Gasteiger partial charge in [-0.1, -0.05) is 24.3 Å². The molecule has 2 N–H and O–H groups in total. The van der Waals surface area contributed by atoms with Gasteiger partial charge in [0.25, 0.3) is 15.9 Å². The van der Waals surface area contributed by atoms with E-state index in [4.69, 9.17) is 0 Å². The maximum absolute atomic E-state index is 12.9. The van der Waals surface area contributed by atoms with Gasteiger partial charge in [0.1, 0.15) is 0 Å². The third-order valence-corrected chi connectivity index (χ3v) is 6.11. The molecule has 33 heavy (non-hydrogen) atoms. The molecular weight excluding hydrogens is 457 g/mol. The average Bonchev–Trinajstić information content (AvgIpc) is 2.73. The first-order valence-electron chi connectivity index (χ1n) is 9.60. The van der Waals surface area contributed by atoms with Crippen molar-refractivity contribution in [2.45, 2.75) is 24.9 Å². The van der Waals surface area contributed by atoms with Crippen molar-refractivity contribution in [3.05, 3.63) is 89.0 Å². The molecule has 0 aliphatic rings. The van der Waals surface area contributed by atoms with Crippen LogP contribution in [0, 0.1) is 6.92 Å². The lowest BCUT2D eigenvalue weighted by Crippen LogP contribution is -2.17. The summed E-state index contributed by atoms with van der Waals surface area (Å²) in [4.78, 5) is 24.0. The minimum atomic E-state index is -4.57. The molecular formula is C23H19F3N2O4S. The normalized spacial score (nSPS) is 11.7. The summed E-state index contributed by atoms with van der Waals surface area (Å²) in [7, 11) is -4.12. The molecule has 3 aromatic rings. The van der Waals surface area contributed by atoms with Gasteiger partial charge < -0.3 is 5.32 Å². The van der Waals surface area contributed by atoms with E-state index in [1.165, 1.54) is 43.3 Å². The molecule has 0 bridgehead atoms. The molecule has 0 unspecified atom stereocenters. The van der Waals surface area contributed by atoms with E-state index in [2.05, 4.69) is 10.0 Å². The molecule has 0 radical (unpaired) electrons. The van der Waals surface area contributed by atoms with Gasteiger partial charge in [0.05, 0.1) is 10.5 Å². The van der Waals surface area contributed by atoms with Gasteiger partial charge in [0.15, 0.2) is 5.78 Å². The minimum absolute atomic E-state index is 0.0206. The zero-order chi connectivity index (χ0) is 24.4. The van der Waals surface area contributed by atoms with Crippen LogP contribution in [-0.4, -0.2) is 20.1 Å². The van der Waals surface area contributed by atoms with Crippen LogP contribution in [0.2, 0.25) is 0 Å². The molecule has 0 aromatic heterocycles. The molecule has 10 heteroatoms. The summed E-state index contributed by atoms with van der Waals surface area (Å²) in [5.74, 6) is -0.998. The number of carbonyl (C=O) groups excluding carboxylic acids is 2. The van der Waals surface area contributed by atoms with Crippen molar-refractivity contribution in [2.75, 3.05) is 10.0 Å². The molecule has 0 heterocycles. The van der Waals surface area contributed by atoms with E-state index in [9.17, 15) is 31.2 Å². The van der Waals surface area contributed by atoms with Gasteiger partial charge in [-0.25, -0.2) is 8.42 Å². The second-order valence-electron chi connectivity index (χ2n) is 7.25. The highest BCUT2D eigenvalue weighted by Gasteiger charge is 2.30. The predicted molar refractivity (Wildman–Crippen MR) is 118 cm³/mol. The number of anilines is 2. The zero-order valence-electron chi connectivity index (χ0n) is 17.5. The van der Waals surface area contributed by atoms with Crippen LogP contribution in [0.5, 0.6) is 0 Å². The quantitative estimate of drug-likeness (QED) is 0.474. The molecule has 0 saturated carbocycles. The van der Waals surface area contributed by atoms with Crippen LogP contribution in [0.1, 0.15) is 38.8 Å². The van der Waals surface area contributed by atoms with E-state index < -0.39 is 27.7 Å². The molecule has 0 spiro atoms.